The molecule has 0 aliphatic carbocycles. The van der Waals surface area contributed by atoms with Gasteiger partial charge in [-0.15, -0.1) is 10.2 Å². The first-order chi connectivity index (χ1) is 15.1. The fraction of sp³-hybridized carbons (Fsp3) is 0.450. The summed E-state index contributed by atoms with van der Waals surface area (Å²) in [6, 6.07) is 5.72. The van der Waals surface area contributed by atoms with E-state index in [1.165, 1.54) is 23.5 Å². The Morgan fingerprint density at radius 3 is 2.61 bits per heavy atom. The SMILES string of the molecule is Cc1cc(C)nc(SCc2nnc(SCC(=O)N3CCOCC3)n2Cc2ccco2)n1. The van der Waals surface area contributed by atoms with Gasteiger partial charge >= 0.3 is 0 Å². The summed E-state index contributed by atoms with van der Waals surface area (Å²) in [6.45, 7) is 6.86. The van der Waals surface area contributed by atoms with E-state index in [0.717, 1.165) is 23.0 Å². The van der Waals surface area contributed by atoms with Crippen molar-refractivity contribution in [3.05, 3.63) is 47.4 Å². The Bertz CT molecular complexity index is 998. The predicted molar refractivity (Wildman–Crippen MR) is 117 cm³/mol. The number of carbonyl (C=O) groups excluding carboxylic acids is 1. The highest BCUT2D eigenvalue weighted by molar-refractivity contribution is 7.99. The number of rotatable bonds is 8. The molecule has 164 valence electrons. The second-order valence-corrected chi connectivity index (χ2v) is 8.95. The molecule has 0 aromatic carbocycles. The number of thioether (sulfide) groups is 2. The normalized spacial score (nSPS) is 14.2. The molecule has 0 spiro atoms. The molecule has 0 saturated carbocycles. The van der Waals surface area contributed by atoms with E-state index < -0.39 is 0 Å². The van der Waals surface area contributed by atoms with Crippen LogP contribution in [0, 0.1) is 13.8 Å². The van der Waals surface area contributed by atoms with Crippen LogP contribution < -0.4 is 0 Å². The van der Waals surface area contributed by atoms with Gasteiger partial charge in [0.1, 0.15) is 11.6 Å². The zero-order valence-corrected chi connectivity index (χ0v) is 19.1. The Labute approximate surface area is 189 Å². The summed E-state index contributed by atoms with van der Waals surface area (Å²) in [6.07, 6.45) is 1.65. The van der Waals surface area contributed by atoms with Crippen LogP contribution in [0.4, 0.5) is 0 Å². The van der Waals surface area contributed by atoms with Crippen LogP contribution in [0.1, 0.15) is 23.0 Å². The predicted octanol–water partition coefficient (Wildman–Crippen LogP) is 2.57. The van der Waals surface area contributed by atoms with E-state index in [-0.39, 0.29) is 5.91 Å². The number of carbonyl (C=O) groups is 1. The van der Waals surface area contributed by atoms with Gasteiger partial charge in [-0.2, -0.15) is 0 Å². The van der Waals surface area contributed by atoms with Crippen molar-refractivity contribution in [1.82, 2.24) is 29.6 Å². The van der Waals surface area contributed by atoms with Gasteiger partial charge in [0.05, 0.1) is 37.5 Å². The Morgan fingerprint density at radius 1 is 1.13 bits per heavy atom. The maximum Gasteiger partial charge on any atom is 0.233 e. The highest BCUT2D eigenvalue weighted by Crippen LogP contribution is 2.24. The van der Waals surface area contributed by atoms with Gasteiger partial charge in [0, 0.05) is 24.5 Å². The number of ether oxygens (including phenoxy) is 1. The molecule has 0 unspecified atom stereocenters. The third-order valence-electron chi connectivity index (χ3n) is 4.67. The van der Waals surface area contributed by atoms with Crippen LogP contribution >= 0.6 is 23.5 Å². The van der Waals surface area contributed by atoms with Crippen molar-refractivity contribution < 1.29 is 13.9 Å². The lowest BCUT2D eigenvalue weighted by atomic mass is 10.4. The highest BCUT2D eigenvalue weighted by atomic mass is 32.2. The van der Waals surface area contributed by atoms with Crippen molar-refractivity contribution >= 4 is 29.4 Å². The standard InChI is InChI=1S/C20H24N6O3S2/c1-14-10-15(2)22-19(21-14)30-12-17-23-24-20(26(17)11-16-4-3-7-29-16)31-13-18(27)25-5-8-28-9-6-25/h3-4,7,10H,5-6,8-9,11-13H2,1-2H3. The molecule has 0 radical (unpaired) electrons. The molecule has 0 atom stereocenters. The first-order valence-corrected chi connectivity index (χ1v) is 11.9. The Hall–Kier alpha value is -2.37. The molecule has 1 fully saturated rings. The summed E-state index contributed by atoms with van der Waals surface area (Å²) in [5, 5.41) is 10.1. The lowest BCUT2D eigenvalue weighted by molar-refractivity contribution is -0.132. The molecule has 31 heavy (non-hydrogen) atoms. The minimum absolute atomic E-state index is 0.0837. The van der Waals surface area contributed by atoms with Gasteiger partial charge in [-0.25, -0.2) is 9.97 Å². The Balaban J connectivity index is 1.47. The summed E-state index contributed by atoms with van der Waals surface area (Å²) in [5.74, 6) is 2.54. The third-order valence-corrected chi connectivity index (χ3v) is 6.46. The van der Waals surface area contributed by atoms with Crippen molar-refractivity contribution in [3.63, 3.8) is 0 Å². The van der Waals surface area contributed by atoms with Crippen LogP contribution in [0.25, 0.3) is 0 Å². The summed E-state index contributed by atoms with van der Waals surface area (Å²) in [5.41, 5.74) is 1.87. The first-order valence-electron chi connectivity index (χ1n) is 9.96. The molecule has 4 rings (SSSR count). The van der Waals surface area contributed by atoms with E-state index in [4.69, 9.17) is 9.15 Å². The Kier molecular flexibility index (Phi) is 7.25. The number of aryl methyl sites for hydroxylation is 2. The van der Waals surface area contributed by atoms with Crippen molar-refractivity contribution in [3.8, 4) is 0 Å². The second-order valence-electron chi connectivity index (χ2n) is 7.07. The zero-order valence-electron chi connectivity index (χ0n) is 17.5. The van der Waals surface area contributed by atoms with Gasteiger partial charge in [-0.1, -0.05) is 23.5 Å². The largest absolute Gasteiger partial charge is 0.467 e. The van der Waals surface area contributed by atoms with Gasteiger partial charge in [0.25, 0.3) is 0 Å². The molecule has 11 heteroatoms. The fourth-order valence-electron chi connectivity index (χ4n) is 3.17. The third kappa shape index (κ3) is 5.86. The molecule has 1 amide bonds. The number of aromatic nitrogens is 5. The van der Waals surface area contributed by atoms with Crippen molar-refractivity contribution in [2.75, 3.05) is 32.1 Å². The molecule has 3 aromatic heterocycles. The number of hydrogen-bond acceptors (Lipinski definition) is 9. The Morgan fingerprint density at radius 2 is 1.90 bits per heavy atom. The minimum Gasteiger partial charge on any atom is -0.467 e. The minimum atomic E-state index is 0.0837. The van der Waals surface area contributed by atoms with Gasteiger partial charge < -0.3 is 14.1 Å². The van der Waals surface area contributed by atoms with Crippen LogP contribution in [0.5, 0.6) is 0 Å². The second kappa shape index (κ2) is 10.3. The molecule has 1 saturated heterocycles. The summed E-state index contributed by atoms with van der Waals surface area (Å²) < 4.78 is 12.8. The average molecular weight is 461 g/mol. The number of morpholine rings is 1. The zero-order chi connectivity index (χ0) is 21.6. The number of hydrogen-bond donors (Lipinski definition) is 0. The van der Waals surface area contributed by atoms with E-state index in [2.05, 4.69) is 20.2 Å². The molecule has 1 aliphatic heterocycles. The number of amides is 1. The van der Waals surface area contributed by atoms with Crippen LogP contribution in [-0.2, 0) is 21.8 Å². The van der Waals surface area contributed by atoms with Gasteiger partial charge in [0.2, 0.25) is 5.91 Å². The number of furan rings is 1. The molecular formula is C20H24N6O3S2. The summed E-state index contributed by atoms with van der Waals surface area (Å²) >= 11 is 2.91. The van der Waals surface area contributed by atoms with Gasteiger partial charge in [-0.05, 0) is 32.0 Å². The monoisotopic (exact) mass is 460 g/mol. The molecule has 0 bridgehead atoms. The fourth-order valence-corrected chi connectivity index (χ4v) is 4.92. The quantitative estimate of drug-likeness (QED) is 0.371. The molecule has 0 N–H and O–H groups in total. The summed E-state index contributed by atoms with van der Waals surface area (Å²) in [4.78, 5) is 23.3. The van der Waals surface area contributed by atoms with E-state index in [1.54, 1.807) is 6.26 Å². The van der Waals surface area contributed by atoms with E-state index in [1.807, 2.05) is 41.5 Å². The molecule has 4 heterocycles. The topological polar surface area (TPSA) is 99.2 Å². The van der Waals surface area contributed by atoms with Gasteiger partial charge in [0.15, 0.2) is 10.3 Å². The molecule has 1 aliphatic rings. The van der Waals surface area contributed by atoms with Crippen LogP contribution in [0.15, 0.2) is 39.2 Å². The maximum absolute atomic E-state index is 12.5. The van der Waals surface area contributed by atoms with Crippen molar-refractivity contribution in [1.29, 1.82) is 0 Å². The van der Waals surface area contributed by atoms with Crippen LogP contribution in [0.2, 0.25) is 0 Å². The van der Waals surface area contributed by atoms with Crippen LogP contribution in [0.3, 0.4) is 0 Å². The molecule has 9 nitrogen and oxygen atoms in total. The van der Waals surface area contributed by atoms with Crippen molar-refractivity contribution in [2.45, 2.75) is 36.5 Å². The van der Waals surface area contributed by atoms with Gasteiger partial charge in [-0.3, -0.25) is 9.36 Å². The lowest BCUT2D eigenvalue weighted by Gasteiger charge is -2.26. The highest BCUT2D eigenvalue weighted by Gasteiger charge is 2.20. The smallest absolute Gasteiger partial charge is 0.233 e. The average Bonchev–Trinajstić information content (AvgIpc) is 3.41. The molecular weight excluding hydrogens is 436 g/mol. The van der Waals surface area contributed by atoms with E-state index in [9.17, 15) is 4.79 Å². The summed E-state index contributed by atoms with van der Waals surface area (Å²) in [7, 11) is 0. The van der Waals surface area contributed by atoms with E-state index in [0.29, 0.717) is 54.7 Å². The maximum atomic E-state index is 12.5. The van der Waals surface area contributed by atoms with Crippen LogP contribution in [-0.4, -0.2) is 67.6 Å². The number of nitrogens with zero attached hydrogens (tertiary/aromatic N) is 6. The first kappa shape index (κ1) is 21.8. The lowest BCUT2D eigenvalue weighted by Crippen LogP contribution is -2.41. The van der Waals surface area contributed by atoms with E-state index >= 15 is 0 Å². The van der Waals surface area contributed by atoms with Crippen molar-refractivity contribution in [2.24, 2.45) is 0 Å². The molecule has 3 aromatic rings.